The Balaban J connectivity index is 2.18. The van der Waals surface area contributed by atoms with Crippen LogP contribution in [0.2, 0.25) is 5.15 Å². The van der Waals surface area contributed by atoms with E-state index in [0.717, 1.165) is 4.88 Å². The van der Waals surface area contributed by atoms with E-state index >= 15 is 0 Å². The molecule has 0 aliphatic carbocycles. The highest BCUT2D eigenvalue weighted by atomic mass is 35.5. The fraction of sp³-hybridized carbons (Fsp3) is 0.308. The molecule has 4 nitrogen and oxygen atoms in total. The molecule has 108 valence electrons. The van der Waals surface area contributed by atoms with Crippen LogP contribution in [0.15, 0.2) is 40.7 Å². The van der Waals surface area contributed by atoms with Crippen molar-refractivity contribution in [3.05, 3.63) is 45.9 Å². The third kappa shape index (κ3) is 3.38. The Kier molecular flexibility index (Phi) is 4.80. The summed E-state index contributed by atoms with van der Waals surface area (Å²) in [5.41, 5.74) is 0. The number of hydrogen-bond donors (Lipinski definition) is 0. The van der Waals surface area contributed by atoms with Gasteiger partial charge in [0.05, 0.1) is 0 Å². The van der Waals surface area contributed by atoms with Gasteiger partial charge in [-0.05, 0) is 36.9 Å². The summed E-state index contributed by atoms with van der Waals surface area (Å²) in [7, 11) is -1.96. The van der Waals surface area contributed by atoms with Crippen molar-refractivity contribution in [3.63, 3.8) is 0 Å². The lowest BCUT2D eigenvalue weighted by Gasteiger charge is -2.23. The largest absolute Gasteiger partial charge is 0.244 e. The Morgan fingerprint density at radius 3 is 2.70 bits per heavy atom. The van der Waals surface area contributed by atoms with Gasteiger partial charge >= 0.3 is 0 Å². The molecular formula is C13H15ClN2O2S2. The molecule has 0 fully saturated rings. The molecule has 0 amide bonds. The van der Waals surface area contributed by atoms with Crippen molar-refractivity contribution >= 4 is 33.0 Å². The van der Waals surface area contributed by atoms with Crippen molar-refractivity contribution in [2.45, 2.75) is 24.3 Å². The Labute approximate surface area is 128 Å². The third-order valence-corrected chi connectivity index (χ3v) is 6.15. The summed E-state index contributed by atoms with van der Waals surface area (Å²) in [6.45, 7) is 1.89. The predicted molar refractivity (Wildman–Crippen MR) is 81.7 cm³/mol. The molecule has 1 unspecified atom stereocenters. The molecule has 2 aromatic heterocycles. The van der Waals surface area contributed by atoms with E-state index in [1.807, 2.05) is 24.4 Å². The Hall–Kier alpha value is -0.950. The van der Waals surface area contributed by atoms with E-state index in [9.17, 15) is 8.42 Å². The van der Waals surface area contributed by atoms with Crippen LogP contribution < -0.4 is 0 Å². The van der Waals surface area contributed by atoms with E-state index in [1.165, 1.54) is 22.6 Å². The van der Waals surface area contributed by atoms with Crippen LogP contribution >= 0.6 is 22.9 Å². The highest BCUT2D eigenvalue weighted by molar-refractivity contribution is 7.89. The first kappa shape index (κ1) is 15.4. The van der Waals surface area contributed by atoms with Crippen molar-refractivity contribution < 1.29 is 8.42 Å². The van der Waals surface area contributed by atoms with Crippen LogP contribution in [0, 0.1) is 0 Å². The predicted octanol–water partition coefficient (Wildman–Crippen LogP) is 3.05. The summed E-state index contributed by atoms with van der Waals surface area (Å²) in [6, 6.07) is 6.79. The lowest BCUT2D eigenvalue weighted by Crippen LogP contribution is -2.36. The number of rotatable bonds is 5. The first-order valence-corrected chi connectivity index (χ1v) is 8.73. The van der Waals surface area contributed by atoms with Crippen LogP contribution in [-0.2, 0) is 16.4 Å². The van der Waals surface area contributed by atoms with Crippen LogP contribution in [-0.4, -0.2) is 30.8 Å². The highest BCUT2D eigenvalue weighted by Gasteiger charge is 2.25. The third-order valence-electron chi connectivity index (χ3n) is 3.07. The minimum Gasteiger partial charge on any atom is -0.243 e. The maximum Gasteiger partial charge on any atom is 0.244 e. The average molecular weight is 331 g/mol. The topological polar surface area (TPSA) is 50.3 Å². The fourth-order valence-electron chi connectivity index (χ4n) is 1.77. The van der Waals surface area contributed by atoms with Gasteiger partial charge < -0.3 is 0 Å². The molecule has 7 heteroatoms. The molecule has 0 N–H and O–H groups in total. The average Bonchev–Trinajstić information content (AvgIpc) is 2.91. The summed E-state index contributed by atoms with van der Waals surface area (Å²) in [5, 5.41) is 2.26. The molecule has 0 spiro atoms. The van der Waals surface area contributed by atoms with Gasteiger partial charge in [-0.3, -0.25) is 0 Å². The standard InChI is InChI=1S/C13H15ClN2O2S2/c1-10(8-11-4-3-7-19-11)16(2)20(17,18)12-5-6-13(14)15-9-12/h3-7,9-10H,8H2,1-2H3. The number of likely N-dealkylation sites (N-methyl/N-ethyl adjacent to an activating group) is 1. The molecule has 0 bridgehead atoms. The van der Waals surface area contributed by atoms with Gasteiger partial charge in [-0.15, -0.1) is 11.3 Å². The Morgan fingerprint density at radius 2 is 2.15 bits per heavy atom. The SMILES string of the molecule is CC(Cc1cccs1)N(C)S(=O)(=O)c1ccc(Cl)nc1. The second-order valence-corrected chi connectivity index (χ2v) is 7.89. The van der Waals surface area contributed by atoms with Crippen molar-refractivity contribution in [2.24, 2.45) is 0 Å². The molecule has 0 aliphatic rings. The molecule has 0 saturated heterocycles. The number of hydrogen-bond acceptors (Lipinski definition) is 4. The van der Waals surface area contributed by atoms with Crippen LogP contribution in [0.1, 0.15) is 11.8 Å². The Morgan fingerprint density at radius 1 is 1.40 bits per heavy atom. The molecule has 0 aliphatic heterocycles. The zero-order chi connectivity index (χ0) is 14.8. The lowest BCUT2D eigenvalue weighted by atomic mass is 10.2. The molecule has 20 heavy (non-hydrogen) atoms. The van der Waals surface area contributed by atoms with Gasteiger partial charge in [0.2, 0.25) is 10.0 Å². The number of thiophene rings is 1. The van der Waals surface area contributed by atoms with E-state index in [0.29, 0.717) is 6.42 Å². The first-order chi connectivity index (χ1) is 9.41. The molecular weight excluding hydrogens is 316 g/mol. The summed E-state index contributed by atoms with van der Waals surface area (Å²) in [4.78, 5) is 5.14. The molecule has 2 heterocycles. The minimum absolute atomic E-state index is 0.130. The number of nitrogens with zero attached hydrogens (tertiary/aromatic N) is 2. The van der Waals surface area contributed by atoms with Crippen LogP contribution in [0.4, 0.5) is 0 Å². The summed E-state index contributed by atoms with van der Waals surface area (Å²) < 4.78 is 26.3. The van der Waals surface area contributed by atoms with Crippen LogP contribution in [0.5, 0.6) is 0 Å². The van der Waals surface area contributed by atoms with Crippen molar-refractivity contribution in [1.82, 2.24) is 9.29 Å². The smallest absolute Gasteiger partial charge is 0.243 e. The van der Waals surface area contributed by atoms with Gasteiger partial charge in [0, 0.05) is 24.2 Å². The number of pyridine rings is 1. The number of aromatic nitrogens is 1. The fourth-order valence-corrected chi connectivity index (χ4v) is 4.01. The highest BCUT2D eigenvalue weighted by Crippen LogP contribution is 2.20. The minimum atomic E-state index is -3.54. The van der Waals surface area contributed by atoms with Gasteiger partial charge in [0.1, 0.15) is 10.0 Å². The molecule has 0 radical (unpaired) electrons. The number of halogens is 1. The maximum atomic E-state index is 12.5. The second-order valence-electron chi connectivity index (χ2n) is 4.47. The molecule has 2 aromatic rings. The van der Waals surface area contributed by atoms with Crippen molar-refractivity contribution in [3.8, 4) is 0 Å². The molecule has 2 rings (SSSR count). The van der Waals surface area contributed by atoms with Gasteiger partial charge in [0.15, 0.2) is 0 Å². The second kappa shape index (κ2) is 6.22. The van der Waals surface area contributed by atoms with Crippen molar-refractivity contribution in [2.75, 3.05) is 7.05 Å². The molecule has 0 saturated carbocycles. The van der Waals surface area contributed by atoms with E-state index < -0.39 is 10.0 Å². The van der Waals surface area contributed by atoms with E-state index in [2.05, 4.69) is 4.98 Å². The zero-order valence-corrected chi connectivity index (χ0v) is 13.5. The maximum absolute atomic E-state index is 12.5. The van der Waals surface area contributed by atoms with Gasteiger partial charge in [-0.2, -0.15) is 4.31 Å². The zero-order valence-electron chi connectivity index (χ0n) is 11.2. The monoisotopic (exact) mass is 330 g/mol. The summed E-state index contributed by atoms with van der Waals surface area (Å²) in [6.07, 6.45) is 1.97. The van der Waals surface area contributed by atoms with Crippen LogP contribution in [0.3, 0.4) is 0 Å². The normalized spacial score (nSPS) is 13.6. The van der Waals surface area contributed by atoms with E-state index in [4.69, 9.17) is 11.6 Å². The van der Waals surface area contributed by atoms with Crippen LogP contribution in [0.25, 0.3) is 0 Å². The first-order valence-electron chi connectivity index (χ1n) is 6.03. The lowest BCUT2D eigenvalue weighted by molar-refractivity contribution is 0.388. The summed E-state index contributed by atoms with van der Waals surface area (Å²) >= 11 is 7.31. The van der Waals surface area contributed by atoms with Gasteiger partial charge in [-0.1, -0.05) is 17.7 Å². The quantitative estimate of drug-likeness (QED) is 0.792. The van der Waals surface area contributed by atoms with Crippen molar-refractivity contribution in [1.29, 1.82) is 0 Å². The van der Waals surface area contributed by atoms with E-state index in [1.54, 1.807) is 18.4 Å². The van der Waals surface area contributed by atoms with Gasteiger partial charge in [-0.25, -0.2) is 13.4 Å². The summed E-state index contributed by atoms with van der Waals surface area (Å²) in [5.74, 6) is 0. The molecule has 0 aromatic carbocycles. The molecule has 1 atom stereocenters. The van der Waals surface area contributed by atoms with E-state index in [-0.39, 0.29) is 16.1 Å². The number of sulfonamides is 1. The Bertz CT molecular complexity index is 654. The van der Waals surface area contributed by atoms with Gasteiger partial charge in [0.25, 0.3) is 0 Å².